The second-order valence-electron chi connectivity index (χ2n) is 4.28. The molecule has 0 amide bonds. The van der Waals surface area contributed by atoms with Gasteiger partial charge in [-0.2, -0.15) is 0 Å². The van der Waals surface area contributed by atoms with E-state index in [4.69, 9.17) is 11.6 Å². The van der Waals surface area contributed by atoms with E-state index in [1.165, 1.54) is 5.56 Å². The van der Waals surface area contributed by atoms with E-state index in [-0.39, 0.29) is 0 Å². The van der Waals surface area contributed by atoms with Crippen LogP contribution in [-0.4, -0.2) is 17.0 Å². The van der Waals surface area contributed by atoms with Crippen molar-refractivity contribution in [2.24, 2.45) is 0 Å². The minimum atomic E-state index is 0.492. The lowest BCUT2D eigenvalue weighted by molar-refractivity contribution is 1.20. The zero-order chi connectivity index (χ0) is 13.4. The van der Waals surface area contributed by atoms with Gasteiger partial charge in [0.05, 0.1) is 5.39 Å². The highest BCUT2D eigenvalue weighted by atomic mass is 35.5. The predicted molar refractivity (Wildman–Crippen MR) is 82.1 cm³/mol. The van der Waals surface area contributed by atoms with Crippen LogP contribution in [0.1, 0.15) is 5.56 Å². The van der Waals surface area contributed by atoms with Gasteiger partial charge in [-0.05, 0) is 12.5 Å². The molecule has 2 heterocycles. The van der Waals surface area contributed by atoms with Gasteiger partial charge in [-0.25, -0.2) is 9.97 Å². The maximum atomic E-state index is 6.28. The van der Waals surface area contributed by atoms with Crippen LogP contribution in [0.25, 0.3) is 21.3 Å². The standard InChI is InChI=1S/C14H12ClN3S/c1-8-3-5-9(6-4-8)10-7-19-13-11(10)12(15)17-14(16-2)18-13/h3-7H,1-2H3,(H,16,17,18). The third kappa shape index (κ3) is 2.17. The van der Waals surface area contributed by atoms with Crippen LogP contribution in [0.15, 0.2) is 29.6 Å². The fraction of sp³-hybridized carbons (Fsp3) is 0.143. The van der Waals surface area contributed by atoms with E-state index < -0.39 is 0 Å². The van der Waals surface area contributed by atoms with Crippen LogP contribution < -0.4 is 5.32 Å². The van der Waals surface area contributed by atoms with Crippen molar-refractivity contribution < 1.29 is 0 Å². The van der Waals surface area contributed by atoms with Crippen LogP contribution in [0.3, 0.4) is 0 Å². The van der Waals surface area contributed by atoms with E-state index in [2.05, 4.69) is 51.9 Å². The number of thiophene rings is 1. The molecular weight excluding hydrogens is 278 g/mol. The highest BCUT2D eigenvalue weighted by Gasteiger charge is 2.13. The van der Waals surface area contributed by atoms with Gasteiger partial charge in [-0.3, -0.25) is 0 Å². The summed E-state index contributed by atoms with van der Waals surface area (Å²) in [7, 11) is 1.78. The number of halogens is 1. The molecule has 1 aromatic carbocycles. The molecule has 5 heteroatoms. The molecule has 19 heavy (non-hydrogen) atoms. The Morgan fingerprint density at radius 1 is 1.16 bits per heavy atom. The second kappa shape index (κ2) is 4.79. The minimum Gasteiger partial charge on any atom is -0.357 e. The lowest BCUT2D eigenvalue weighted by Crippen LogP contribution is -1.95. The molecule has 0 saturated carbocycles. The SMILES string of the molecule is CNc1nc(Cl)c2c(-c3ccc(C)cc3)csc2n1. The molecule has 0 aliphatic carbocycles. The number of aromatic nitrogens is 2. The summed E-state index contributed by atoms with van der Waals surface area (Å²) in [6.45, 7) is 2.07. The third-order valence-corrected chi connectivity index (χ3v) is 4.12. The Morgan fingerprint density at radius 2 is 1.89 bits per heavy atom. The summed E-state index contributed by atoms with van der Waals surface area (Å²) in [6, 6.07) is 8.38. The topological polar surface area (TPSA) is 37.8 Å². The fourth-order valence-corrected chi connectivity index (χ4v) is 3.23. The van der Waals surface area contributed by atoms with Crippen molar-refractivity contribution in [3.63, 3.8) is 0 Å². The smallest absolute Gasteiger partial charge is 0.225 e. The summed E-state index contributed by atoms with van der Waals surface area (Å²) in [6.07, 6.45) is 0. The number of nitrogens with zero attached hydrogens (tertiary/aromatic N) is 2. The number of anilines is 1. The van der Waals surface area contributed by atoms with Gasteiger partial charge in [-0.1, -0.05) is 41.4 Å². The highest BCUT2D eigenvalue weighted by Crippen LogP contribution is 2.37. The molecule has 0 aliphatic heterocycles. The first-order chi connectivity index (χ1) is 9.19. The predicted octanol–water partition coefficient (Wildman–Crippen LogP) is 4.36. The Kier molecular flexibility index (Phi) is 3.12. The van der Waals surface area contributed by atoms with E-state index in [1.807, 2.05) is 0 Å². The fourth-order valence-electron chi connectivity index (χ4n) is 1.96. The van der Waals surface area contributed by atoms with Crippen LogP contribution in [0.2, 0.25) is 5.15 Å². The average molecular weight is 290 g/mol. The molecule has 0 saturated heterocycles. The molecule has 2 aromatic heterocycles. The first-order valence-corrected chi connectivity index (χ1v) is 7.14. The third-order valence-electron chi connectivity index (χ3n) is 2.98. The van der Waals surface area contributed by atoms with Crippen molar-refractivity contribution in [2.45, 2.75) is 6.92 Å². The zero-order valence-electron chi connectivity index (χ0n) is 10.6. The maximum Gasteiger partial charge on any atom is 0.225 e. The quantitative estimate of drug-likeness (QED) is 0.712. The molecule has 96 valence electrons. The molecule has 0 unspecified atom stereocenters. The van der Waals surface area contributed by atoms with Crippen molar-refractivity contribution in [2.75, 3.05) is 12.4 Å². The van der Waals surface area contributed by atoms with E-state index in [9.17, 15) is 0 Å². The van der Waals surface area contributed by atoms with Crippen molar-refractivity contribution in [1.82, 2.24) is 9.97 Å². The number of hydrogen-bond donors (Lipinski definition) is 1. The van der Waals surface area contributed by atoms with Crippen LogP contribution in [0, 0.1) is 6.92 Å². The maximum absolute atomic E-state index is 6.28. The first-order valence-electron chi connectivity index (χ1n) is 5.88. The summed E-state index contributed by atoms with van der Waals surface area (Å²) in [5.41, 5.74) is 3.47. The van der Waals surface area contributed by atoms with Crippen molar-refractivity contribution in [1.29, 1.82) is 0 Å². The summed E-state index contributed by atoms with van der Waals surface area (Å²) in [4.78, 5) is 9.58. The molecule has 3 rings (SSSR count). The normalized spacial score (nSPS) is 10.9. The van der Waals surface area contributed by atoms with Crippen LogP contribution >= 0.6 is 22.9 Å². The molecule has 3 nitrogen and oxygen atoms in total. The molecule has 0 fully saturated rings. The largest absolute Gasteiger partial charge is 0.357 e. The van der Waals surface area contributed by atoms with Gasteiger partial charge in [-0.15, -0.1) is 11.3 Å². The molecule has 3 aromatic rings. The number of hydrogen-bond acceptors (Lipinski definition) is 4. The van der Waals surface area contributed by atoms with E-state index >= 15 is 0 Å². The lowest BCUT2D eigenvalue weighted by Gasteiger charge is -2.03. The summed E-state index contributed by atoms with van der Waals surface area (Å²) in [5, 5.41) is 6.41. The highest BCUT2D eigenvalue weighted by molar-refractivity contribution is 7.17. The zero-order valence-corrected chi connectivity index (χ0v) is 12.1. The van der Waals surface area contributed by atoms with Crippen molar-refractivity contribution in [3.8, 4) is 11.1 Å². The molecular formula is C14H12ClN3S. The lowest BCUT2D eigenvalue weighted by atomic mass is 10.1. The van der Waals surface area contributed by atoms with Gasteiger partial charge in [0, 0.05) is 18.0 Å². The number of nitrogens with one attached hydrogen (secondary N) is 1. The Labute approximate surface area is 120 Å². The molecule has 0 aliphatic rings. The first kappa shape index (κ1) is 12.4. The number of rotatable bonds is 2. The van der Waals surface area contributed by atoms with Crippen molar-refractivity contribution >= 4 is 39.1 Å². The summed E-state index contributed by atoms with van der Waals surface area (Å²) < 4.78 is 0. The average Bonchev–Trinajstić information content (AvgIpc) is 2.84. The Balaban J connectivity index is 2.23. The van der Waals surface area contributed by atoms with Gasteiger partial charge in [0.1, 0.15) is 9.98 Å². The van der Waals surface area contributed by atoms with Crippen molar-refractivity contribution in [3.05, 3.63) is 40.4 Å². The summed E-state index contributed by atoms with van der Waals surface area (Å²) in [5.74, 6) is 0.551. The van der Waals surface area contributed by atoms with Gasteiger partial charge in [0.25, 0.3) is 0 Å². The van der Waals surface area contributed by atoms with Gasteiger partial charge in [0.2, 0.25) is 5.95 Å². The number of benzene rings is 1. The van der Waals surface area contributed by atoms with E-state index in [0.29, 0.717) is 11.1 Å². The summed E-state index contributed by atoms with van der Waals surface area (Å²) >= 11 is 7.87. The van der Waals surface area contributed by atoms with Gasteiger partial charge < -0.3 is 5.32 Å². The minimum absolute atomic E-state index is 0.492. The van der Waals surface area contributed by atoms with E-state index in [0.717, 1.165) is 21.3 Å². The molecule has 1 N–H and O–H groups in total. The Hall–Kier alpha value is -1.65. The number of aryl methyl sites for hydroxylation is 1. The molecule has 0 spiro atoms. The molecule has 0 radical (unpaired) electrons. The molecule has 0 atom stereocenters. The Morgan fingerprint density at radius 3 is 2.58 bits per heavy atom. The Bertz CT molecular complexity index is 734. The van der Waals surface area contributed by atoms with E-state index in [1.54, 1.807) is 18.4 Å². The molecule has 0 bridgehead atoms. The van der Waals surface area contributed by atoms with Crippen LogP contribution in [-0.2, 0) is 0 Å². The monoisotopic (exact) mass is 289 g/mol. The second-order valence-corrected chi connectivity index (χ2v) is 5.50. The van der Waals surface area contributed by atoms with Gasteiger partial charge >= 0.3 is 0 Å². The van der Waals surface area contributed by atoms with Crippen LogP contribution in [0.5, 0.6) is 0 Å². The van der Waals surface area contributed by atoms with Crippen LogP contribution in [0.4, 0.5) is 5.95 Å². The van der Waals surface area contributed by atoms with Gasteiger partial charge in [0.15, 0.2) is 0 Å². The number of fused-ring (bicyclic) bond motifs is 1.